The second kappa shape index (κ2) is 4.39. The van der Waals surface area contributed by atoms with Gasteiger partial charge in [-0.15, -0.1) is 0 Å². The molecule has 3 heteroatoms. The van der Waals surface area contributed by atoms with Crippen LogP contribution in [0.5, 0.6) is 0 Å². The molecule has 1 aromatic carbocycles. The van der Waals surface area contributed by atoms with Gasteiger partial charge in [-0.25, -0.2) is 4.79 Å². The zero-order chi connectivity index (χ0) is 11.5. The number of nitrogens with zero attached hydrogens (tertiary/aromatic N) is 1. The summed E-state index contributed by atoms with van der Waals surface area (Å²) >= 11 is 0. The highest BCUT2D eigenvalue weighted by atomic mass is 16.5. The summed E-state index contributed by atoms with van der Waals surface area (Å²) in [6, 6.07) is 9.95. The van der Waals surface area contributed by atoms with Gasteiger partial charge >= 0.3 is 5.97 Å². The van der Waals surface area contributed by atoms with Gasteiger partial charge in [-0.2, -0.15) is 0 Å². The number of esters is 1. The molecular weight excluding hydrogens is 202 g/mol. The number of hydrogen-bond donors (Lipinski definition) is 0. The van der Waals surface area contributed by atoms with Crippen LogP contribution in [0.3, 0.4) is 0 Å². The Morgan fingerprint density at radius 1 is 1.31 bits per heavy atom. The molecule has 16 heavy (non-hydrogen) atoms. The lowest BCUT2D eigenvalue weighted by atomic mass is 10.1. The second-order valence-electron chi connectivity index (χ2n) is 3.86. The molecule has 0 fully saturated rings. The number of hydrogen-bond acceptors (Lipinski definition) is 3. The Balaban J connectivity index is 2.45. The average molecular weight is 217 g/mol. The molecule has 0 amide bonds. The quantitative estimate of drug-likeness (QED) is 0.709. The summed E-state index contributed by atoms with van der Waals surface area (Å²) in [5.74, 6) is -0.219. The van der Waals surface area contributed by atoms with Crippen LogP contribution in [0.1, 0.15) is 12.0 Å². The number of rotatable bonds is 2. The van der Waals surface area contributed by atoms with Gasteiger partial charge in [-0.05, 0) is 12.0 Å². The molecule has 0 radical (unpaired) electrons. The van der Waals surface area contributed by atoms with E-state index >= 15 is 0 Å². The molecule has 1 aliphatic rings. The number of carbonyl (C=O) groups excluding carboxylic acids is 1. The first-order valence-corrected chi connectivity index (χ1v) is 5.32. The molecule has 1 aliphatic heterocycles. The van der Waals surface area contributed by atoms with E-state index in [9.17, 15) is 4.79 Å². The molecule has 0 saturated carbocycles. The van der Waals surface area contributed by atoms with Crippen molar-refractivity contribution < 1.29 is 9.53 Å². The lowest BCUT2D eigenvalue weighted by Gasteiger charge is -2.16. The van der Waals surface area contributed by atoms with Gasteiger partial charge < -0.3 is 9.64 Å². The first-order chi connectivity index (χ1) is 7.74. The fourth-order valence-electron chi connectivity index (χ4n) is 2.05. The highest BCUT2D eigenvalue weighted by molar-refractivity contribution is 5.98. The van der Waals surface area contributed by atoms with Crippen LogP contribution in [0.15, 0.2) is 35.9 Å². The molecule has 0 spiro atoms. The average Bonchev–Trinajstić information content (AvgIpc) is 2.71. The Kier molecular flexibility index (Phi) is 2.95. The van der Waals surface area contributed by atoms with Crippen molar-refractivity contribution in [2.75, 3.05) is 20.7 Å². The molecule has 0 bridgehead atoms. The van der Waals surface area contributed by atoms with Crippen LogP contribution in [-0.4, -0.2) is 31.6 Å². The van der Waals surface area contributed by atoms with Gasteiger partial charge in [0.2, 0.25) is 0 Å². The molecular formula is C13H15NO2. The van der Waals surface area contributed by atoms with Crippen molar-refractivity contribution in [1.82, 2.24) is 4.90 Å². The maximum absolute atomic E-state index is 11.6. The van der Waals surface area contributed by atoms with Gasteiger partial charge in [0, 0.05) is 13.6 Å². The highest BCUT2D eigenvalue weighted by Gasteiger charge is 2.25. The van der Waals surface area contributed by atoms with Crippen molar-refractivity contribution in [3.63, 3.8) is 0 Å². The van der Waals surface area contributed by atoms with Crippen molar-refractivity contribution in [3.8, 4) is 0 Å². The predicted molar refractivity (Wildman–Crippen MR) is 62.6 cm³/mol. The van der Waals surface area contributed by atoms with Gasteiger partial charge in [0.25, 0.3) is 0 Å². The van der Waals surface area contributed by atoms with E-state index in [4.69, 9.17) is 4.74 Å². The SMILES string of the molecule is COC(=O)C1=C(c2ccccc2)N(C)CC1. The summed E-state index contributed by atoms with van der Waals surface area (Å²) in [7, 11) is 3.43. The van der Waals surface area contributed by atoms with Crippen molar-refractivity contribution in [2.24, 2.45) is 0 Å². The molecule has 0 aliphatic carbocycles. The summed E-state index contributed by atoms with van der Waals surface area (Å²) in [5, 5.41) is 0. The molecule has 1 heterocycles. The third-order valence-corrected chi connectivity index (χ3v) is 2.84. The maximum atomic E-state index is 11.6. The minimum atomic E-state index is -0.219. The topological polar surface area (TPSA) is 29.5 Å². The van der Waals surface area contributed by atoms with E-state index in [1.54, 1.807) is 0 Å². The van der Waals surface area contributed by atoms with Crippen LogP contribution in [0, 0.1) is 0 Å². The lowest BCUT2D eigenvalue weighted by molar-refractivity contribution is -0.136. The first-order valence-electron chi connectivity index (χ1n) is 5.32. The molecule has 0 N–H and O–H groups in total. The minimum absolute atomic E-state index is 0.219. The van der Waals surface area contributed by atoms with E-state index in [-0.39, 0.29) is 5.97 Å². The normalized spacial score (nSPS) is 15.5. The second-order valence-corrected chi connectivity index (χ2v) is 3.86. The van der Waals surface area contributed by atoms with Gasteiger partial charge in [-0.3, -0.25) is 0 Å². The van der Waals surface area contributed by atoms with Crippen LogP contribution in [0.4, 0.5) is 0 Å². The number of methoxy groups -OCH3 is 1. The van der Waals surface area contributed by atoms with Crippen LogP contribution in [0.2, 0.25) is 0 Å². The molecule has 0 aromatic heterocycles. The van der Waals surface area contributed by atoms with Crippen LogP contribution < -0.4 is 0 Å². The van der Waals surface area contributed by atoms with Crippen molar-refractivity contribution in [2.45, 2.75) is 6.42 Å². The summed E-state index contributed by atoms with van der Waals surface area (Å²) in [6.07, 6.45) is 0.757. The zero-order valence-corrected chi connectivity index (χ0v) is 9.56. The smallest absolute Gasteiger partial charge is 0.335 e. The van der Waals surface area contributed by atoms with Gasteiger partial charge in [0.05, 0.1) is 18.4 Å². The highest BCUT2D eigenvalue weighted by Crippen LogP contribution is 2.30. The number of benzene rings is 1. The Hall–Kier alpha value is -1.77. The monoisotopic (exact) mass is 217 g/mol. The van der Waals surface area contributed by atoms with Crippen LogP contribution in [-0.2, 0) is 9.53 Å². The van der Waals surface area contributed by atoms with E-state index in [0.29, 0.717) is 0 Å². The molecule has 1 aromatic rings. The Morgan fingerprint density at radius 2 is 2.00 bits per heavy atom. The Labute approximate surface area is 95.3 Å². The summed E-state index contributed by atoms with van der Waals surface area (Å²) < 4.78 is 4.81. The fraction of sp³-hybridized carbons (Fsp3) is 0.308. The third kappa shape index (κ3) is 1.81. The third-order valence-electron chi connectivity index (χ3n) is 2.84. The van der Waals surface area contributed by atoms with Gasteiger partial charge in [0.15, 0.2) is 0 Å². The molecule has 0 unspecified atom stereocenters. The van der Waals surface area contributed by atoms with E-state index in [0.717, 1.165) is 29.8 Å². The summed E-state index contributed by atoms with van der Waals surface area (Å²) in [6.45, 7) is 0.870. The van der Waals surface area contributed by atoms with Crippen LogP contribution in [0.25, 0.3) is 5.70 Å². The largest absolute Gasteiger partial charge is 0.466 e. The van der Waals surface area contributed by atoms with Crippen molar-refractivity contribution >= 4 is 11.7 Å². The Bertz CT molecular complexity index is 423. The van der Waals surface area contributed by atoms with Crippen molar-refractivity contribution in [3.05, 3.63) is 41.5 Å². The standard InChI is InChI=1S/C13H15NO2/c1-14-9-8-11(13(15)16-2)12(14)10-6-4-3-5-7-10/h3-7H,8-9H2,1-2H3. The van der Waals surface area contributed by atoms with E-state index < -0.39 is 0 Å². The molecule has 0 saturated heterocycles. The number of ether oxygens (including phenoxy) is 1. The lowest BCUT2D eigenvalue weighted by Crippen LogP contribution is -2.12. The summed E-state index contributed by atoms with van der Waals surface area (Å²) in [5.41, 5.74) is 2.84. The van der Waals surface area contributed by atoms with Crippen LogP contribution >= 0.6 is 0 Å². The van der Waals surface area contributed by atoms with E-state index in [1.165, 1.54) is 7.11 Å². The first kappa shape index (κ1) is 10.7. The predicted octanol–water partition coefficient (Wildman–Crippen LogP) is 1.91. The van der Waals surface area contributed by atoms with E-state index in [2.05, 4.69) is 4.90 Å². The molecule has 84 valence electrons. The zero-order valence-electron chi connectivity index (χ0n) is 9.56. The summed E-state index contributed by atoms with van der Waals surface area (Å²) in [4.78, 5) is 13.7. The number of carbonyl (C=O) groups is 1. The maximum Gasteiger partial charge on any atom is 0.335 e. The van der Waals surface area contributed by atoms with Gasteiger partial charge in [0.1, 0.15) is 0 Å². The van der Waals surface area contributed by atoms with Gasteiger partial charge in [-0.1, -0.05) is 30.3 Å². The Morgan fingerprint density at radius 3 is 2.62 bits per heavy atom. The van der Waals surface area contributed by atoms with Crippen molar-refractivity contribution in [1.29, 1.82) is 0 Å². The fourth-order valence-corrected chi connectivity index (χ4v) is 2.05. The minimum Gasteiger partial charge on any atom is -0.466 e. The molecule has 3 nitrogen and oxygen atoms in total. The molecule has 0 atom stereocenters. The van der Waals surface area contributed by atoms with E-state index in [1.807, 2.05) is 37.4 Å². The molecule has 2 rings (SSSR count).